The van der Waals surface area contributed by atoms with Crippen molar-refractivity contribution in [3.05, 3.63) is 22.5 Å². The van der Waals surface area contributed by atoms with Gasteiger partial charge in [-0.05, 0) is 6.92 Å². The first-order valence-electron chi connectivity index (χ1n) is 5.26. The molecule has 5 nitrogen and oxygen atoms in total. The fourth-order valence-electron chi connectivity index (χ4n) is 2.12. The van der Waals surface area contributed by atoms with E-state index < -0.39 is 47.7 Å². The first-order valence-corrected chi connectivity index (χ1v) is 5.26. The smallest absolute Gasteiger partial charge is 0.350 e. The summed E-state index contributed by atoms with van der Waals surface area (Å²) in [5, 5.41) is 8.80. The third-order valence-corrected chi connectivity index (χ3v) is 3.54. The Kier molecular flexibility index (Phi) is 2.65. The van der Waals surface area contributed by atoms with Crippen LogP contribution in [0, 0.1) is 5.82 Å². The van der Waals surface area contributed by atoms with Crippen LogP contribution in [0.5, 0.6) is 0 Å². The van der Waals surface area contributed by atoms with Crippen LogP contribution in [0.4, 0.5) is 19.0 Å². The standard InChI is InChI=1S/C10H12F3N3O2/c1-9(12)6(2-10(9,13)4-17)16-3-5(11)7(14)15-8(16)18/h3,6,17H,2,4H2,1H3,(H2,14,15,18)/t6-,9+,10+/m1/s1. The molecule has 0 bridgehead atoms. The van der Waals surface area contributed by atoms with Crippen molar-refractivity contribution in [3.63, 3.8) is 0 Å². The van der Waals surface area contributed by atoms with E-state index in [0.717, 1.165) is 6.92 Å². The van der Waals surface area contributed by atoms with Crippen molar-refractivity contribution in [1.29, 1.82) is 0 Å². The highest BCUT2D eigenvalue weighted by Crippen LogP contribution is 2.54. The number of halogens is 3. The van der Waals surface area contributed by atoms with Crippen LogP contribution in [-0.2, 0) is 0 Å². The average Bonchev–Trinajstić information content (AvgIpc) is 2.30. The number of rotatable bonds is 2. The summed E-state index contributed by atoms with van der Waals surface area (Å²) in [5.41, 5.74) is -0.779. The zero-order valence-electron chi connectivity index (χ0n) is 9.53. The molecule has 0 aromatic carbocycles. The first kappa shape index (κ1) is 12.9. The van der Waals surface area contributed by atoms with Crippen molar-refractivity contribution < 1.29 is 18.3 Å². The highest BCUT2D eigenvalue weighted by atomic mass is 19.2. The van der Waals surface area contributed by atoms with Crippen LogP contribution in [0.25, 0.3) is 0 Å². The molecular weight excluding hydrogens is 251 g/mol. The molecule has 0 aliphatic heterocycles. The van der Waals surface area contributed by atoms with E-state index in [-0.39, 0.29) is 0 Å². The van der Waals surface area contributed by atoms with E-state index in [2.05, 4.69) is 4.98 Å². The number of anilines is 1. The molecule has 100 valence electrons. The van der Waals surface area contributed by atoms with Crippen molar-refractivity contribution in [3.8, 4) is 0 Å². The Balaban J connectivity index is 2.42. The Bertz CT molecular complexity index is 546. The second-order valence-corrected chi connectivity index (χ2v) is 4.58. The van der Waals surface area contributed by atoms with E-state index >= 15 is 0 Å². The Labute approximate surface area is 100 Å². The number of nitrogen functional groups attached to an aromatic ring is 1. The Morgan fingerprint density at radius 1 is 1.67 bits per heavy atom. The minimum atomic E-state index is -2.48. The maximum atomic E-state index is 14.1. The molecule has 18 heavy (non-hydrogen) atoms. The van der Waals surface area contributed by atoms with Gasteiger partial charge >= 0.3 is 5.69 Å². The Hall–Kier alpha value is -1.57. The van der Waals surface area contributed by atoms with Crippen LogP contribution in [0.15, 0.2) is 11.0 Å². The average molecular weight is 263 g/mol. The molecule has 0 radical (unpaired) electrons. The molecular formula is C10H12F3N3O2. The number of aromatic nitrogens is 2. The van der Waals surface area contributed by atoms with E-state index in [1.54, 1.807) is 0 Å². The molecule has 0 spiro atoms. The first-order chi connectivity index (χ1) is 8.23. The second kappa shape index (κ2) is 3.71. The molecule has 0 amide bonds. The van der Waals surface area contributed by atoms with Gasteiger partial charge in [-0.2, -0.15) is 4.98 Å². The Morgan fingerprint density at radius 2 is 2.28 bits per heavy atom. The lowest BCUT2D eigenvalue weighted by Crippen LogP contribution is -2.65. The number of aliphatic hydroxyl groups is 1. The van der Waals surface area contributed by atoms with Gasteiger partial charge in [0.1, 0.15) is 0 Å². The summed E-state index contributed by atoms with van der Waals surface area (Å²) in [7, 11) is 0. The molecule has 8 heteroatoms. The number of hydrogen-bond acceptors (Lipinski definition) is 4. The number of nitrogens with zero attached hydrogens (tertiary/aromatic N) is 2. The summed E-state index contributed by atoms with van der Waals surface area (Å²) < 4.78 is 41.8. The molecule has 3 atom stereocenters. The fraction of sp³-hybridized carbons (Fsp3) is 0.600. The molecule has 1 heterocycles. The third-order valence-electron chi connectivity index (χ3n) is 3.54. The summed E-state index contributed by atoms with van der Waals surface area (Å²) in [5.74, 6) is -1.57. The molecule has 2 rings (SSSR count). The zero-order valence-corrected chi connectivity index (χ0v) is 9.53. The minimum Gasteiger partial charge on any atom is -0.393 e. The molecule has 1 aromatic rings. The van der Waals surface area contributed by atoms with Gasteiger partial charge in [-0.15, -0.1) is 0 Å². The highest BCUT2D eigenvalue weighted by molar-refractivity contribution is 5.27. The van der Waals surface area contributed by atoms with E-state index in [4.69, 9.17) is 10.8 Å². The van der Waals surface area contributed by atoms with Gasteiger partial charge in [0.05, 0.1) is 12.6 Å². The van der Waals surface area contributed by atoms with Crippen molar-refractivity contribution in [1.82, 2.24) is 9.55 Å². The van der Waals surface area contributed by atoms with Crippen molar-refractivity contribution >= 4 is 5.82 Å². The molecule has 1 fully saturated rings. The van der Waals surface area contributed by atoms with E-state index in [9.17, 15) is 18.0 Å². The molecule has 0 unspecified atom stereocenters. The molecule has 1 aromatic heterocycles. The summed E-state index contributed by atoms with van der Waals surface area (Å²) in [6.45, 7) is -0.0891. The van der Waals surface area contributed by atoms with Crippen LogP contribution >= 0.6 is 0 Å². The molecule has 1 aliphatic carbocycles. The van der Waals surface area contributed by atoms with Gasteiger partial charge in [0.25, 0.3) is 0 Å². The van der Waals surface area contributed by atoms with E-state index in [1.807, 2.05) is 0 Å². The quantitative estimate of drug-likeness (QED) is 0.806. The summed E-state index contributed by atoms with van der Waals surface area (Å²) in [4.78, 5) is 14.6. The maximum Gasteiger partial charge on any atom is 0.350 e. The van der Waals surface area contributed by atoms with Gasteiger partial charge in [-0.25, -0.2) is 18.0 Å². The van der Waals surface area contributed by atoms with Crippen molar-refractivity contribution in [2.24, 2.45) is 0 Å². The third kappa shape index (κ3) is 1.52. The van der Waals surface area contributed by atoms with Gasteiger partial charge < -0.3 is 10.8 Å². The maximum absolute atomic E-state index is 14.1. The van der Waals surface area contributed by atoms with Gasteiger partial charge in [0.15, 0.2) is 23.0 Å². The lowest BCUT2D eigenvalue weighted by atomic mass is 9.65. The topological polar surface area (TPSA) is 81.1 Å². The summed E-state index contributed by atoms with van der Waals surface area (Å²) in [6, 6.07) is -1.22. The second-order valence-electron chi connectivity index (χ2n) is 4.58. The van der Waals surface area contributed by atoms with Crippen LogP contribution in [0.1, 0.15) is 19.4 Å². The monoisotopic (exact) mass is 263 g/mol. The number of alkyl halides is 2. The number of nitrogens with two attached hydrogens (primary N) is 1. The number of aliphatic hydroxyl groups excluding tert-OH is 1. The lowest BCUT2D eigenvalue weighted by molar-refractivity contribution is -0.178. The predicted octanol–water partition coefficient (Wildman–Crippen LogP) is 0.338. The largest absolute Gasteiger partial charge is 0.393 e. The highest BCUT2D eigenvalue weighted by Gasteiger charge is 2.66. The van der Waals surface area contributed by atoms with Gasteiger partial charge in [-0.1, -0.05) is 0 Å². The van der Waals surface area contributed by atoms with E-state index in [1.165, 1.54) is 0 Å². The van der Waals surface area contributed by atoms with Crippen LogP contribution in [0.2, 0.25) is 0 Å². The van der Waals surface area contributed by atoms with Crippen LogP contribution in [0.3, 0.4) is 0 Å². The SMILES string of the molecule is C[C@]1(F)[C@H](n2cc(F)c(N)nc2=O)C[C@]1(F)CO. The predicted molar refractivity (Wildman–Crippen MR) is 57.0 cm³/mol. The Morgan fingerprint density at radius 3 is 2.78 bits per heavy atom. The van der Waals surface area contributed by atoms with Crippen LogP contribution in [-0.4, -0.2) is 32.6 Å². The van der Waals surface area contributed by atoms with E-state index in [0.29, 0.717) is 10.8 Å². The van der Waals surface area contributed by atoms with Gasteiger partial charge in [0, 0.05) is 12.6 Å². The summed E-state index contributed by atoms with van der Waals surface area (Å²) >= 11 is 0. The van der Waals surface area contributed by atoms with Crippen LogP contribution < -0.4 is 11.4 Å². The van der Waals surface area contributed by atoms with Gasteiger partial charge in [0.2, 0.25) is 0 Å². The fourth-order valence-corrected chi connectivity index (χ4v) is 2.12. The molecule has 3 N–H and O–H groups in total. The molecule has 0 saturated heterocycles. The lowest BCUT2D eigenvalue weighted by Gasteiger charge is -2.52. The van der Waals surface area contributed by atoms with Crippen molar-refractivity contribution in [2.45, 2.75) is 30.7 Å². The normalized spacial score (nSPS) is 35.3. The zero-order chi connectivity index (χ0) is 13.7. The molecule has 1 aliphatic rings. The van der Waals surface area contributed by atoms with Gasteiger partial charge in [-0.3, -0.25) is 4.57 Å². The minimum absolute atomic E-state index is 0.429. The van der Waals surface area contributed by atoms with Crippen molar-refractivity contribution in [2.75, 3.05) is 12.3 Å². The molecule has 1 saturated carbocycles. The number of hydrogen-bond donors (Lipinski definition) is 2. The summed E-state index contributed by atoms with van der Waals surface area (Å²) in [6.07, 6.45) is 0.269.